The summed E-state index contributed by atoms with van der Waals surface area (Å²) in [5, 5.41) is 0. The number of hydrogen-bond donors (Lipinski definition) is 0. The molecule has 1 aromatic rings. The quantitative estimate of drug-likeness (QED) is 0.488. The average Bonchev–Trinajstić information content (AvgIpc) is 2.69. The fraction of sp³-hybridized carbons (Fsp3) is 0.714. The van der Waals surface area contributed by atoms with Crippen LogP contribution in [0.1, 0.15) is 54.0 Å². The minimum atomic E-state index is 0.558. The van der Waals surface area contributed by atoms with Crippen LogP contribution in [0.3, 0.4) is 0 Å². The van der Waals surface area contributed by atoms with Gasteiger partial charge in [0.05, 0.1) is 33.0 Å². The van der Waals surface area contributed by atoms with Crippen LogP contribution >= 0.6 is 0 Å². The Morgan fingerprint density at radius 1 is 0.600 bits per heavy atom. The van der Waals surface area contributed by atoms with Crippen LogP contribution in [-0.4, -0.2) is 46.2 Å². The highest BCUT2D eigenvalue weighted by atomic mass is 16.6. The molecule has 0 radical (unpaired) electrons. The molecule has 0 N–H and O–H groups in total. The third kappa shape index (κ3) is 22.9. The van der Waals surface area contributed by atoms with Crippen molar-refractivity contribution in [3.8, 4) is 5.75 Å². The summed E-state index contributed by atoms with van der Waals surface area (Å²) in [5.41, 5.74) is 1.23. The second-order valence-corrected chi connectivity index (χ2v) is 4.08. The van der Waals surface area contributed by atoms with Gasteiger partial charge in [-0.2, -0.15) is 0 Å². The van der Waals surface area contributed by atoms with Crippen LogP contribution in [0.4, 0.5) is 0 Å². The van der Waals surface area contributed by atoms with E-state index >= 15 is 0 Å². The summed E-state index contributed by atoms with van der Waals surface area (Å²) in [4.78, 5) is 0. The van der Waals surface area contributed by atoms with Crippen LogP contribution in [0.5, 0.6) is 5.75 Å². The van der Waals surface area contributed by atoms with Gasteiger partial charge < -0.3 is 18.9 Å². The molecular weight excluding hydrogens is 316 g/mol. The molecule has 150 valence electrons. The monoisotopic (exact) mass is 358 g/mol. The van der Waals surface area contributed by atoms with Gasteiger partial charge in [0.25, 0.3) is 0 Å². The summed E-state index contributed by atoms with van der Waals surface area (Å²) in [6, 6.07) is 7.99. The average molecular weight is 359 g/mol. The van der Waals surface area contributed by atoms with Crippen LogP contribution in [0.15, 0.2) is 24.3 Å². The van der Waals surface area contributed by atoms with Crippen molar-refractivity contribution in [2.45, 2.75) is 55.4 Å². The van der Waals surface area contributed by atoms with E-state index in [1.807, 2.05) is 72.7 Å². The van der Waals surface area contributed by atoms with Gasteiger partial charge in [-0.3, -0.25) is 0 Å². The van der Waals surface area contributed by atoms with Crippen LogP contribution < -0.4 is 4.74 Å². The van der Waals surface area contributed by atoms with Crippen molar-refractivity contribution >= 4 is 0 Å². The van der Waals surface area contributed by atoms with E-state index in [2.05, 4.69) is 6.92 Å². The molecule has 0 aliphatic rings. The van der Waals surface area contributed by atoms with Gasteiger partial charge >= 0.3 is 0 Å². The summed E-state index contributed by atoms with van der Waals surface area (Å²) >= 11 is 0. The molecule has 0 bridgehead atoms. The van der Waals surface area contributed by atoms with E-state index in [0.29, 0.717) is 39.6 Å². The summed E-state index contributed by atoms with van der Waals surface area (Å²) in [6.07, 6.45) is 0. The van der Waals surface area contributed by atoms with E-state index in [0.717, 1.165) is 12.4 Å². The van der Waals surface area contributed by atoms with Crippen LogP contribution in [-0.2, 0) is 14.2 Å². The minimum Gasteiger partial charge on any atom is -0.491 e. The zero-order valence-corrected chi connectivity index (χ0v) is 17.9. The van der Waals surface area contributed by atoms with Gasteiger partial charge in [-0.05, 0) is 26.0 Å². The topological polar surface area (TPSA) is 36.9 Å². The number of benzene rings is 1. The van der Waals surface area contributed by atoms with Crippen LogP contribution in [0, 0.1) is 6.92 Å². The molecular formula is C21H42O4. The lowest BCUT2D eigenvalue weighted by Crippen LogP contribution is -2.12. The zero-order valence-electron chi connectivity index (χ0n) is 17.9. The molecule has 4 nitrogen and oxygen atoms in total. The van der Waals surface area contributed by atoms with Crippen molar-refractivity contribution in [2.24, 2.45) is 0 Å². The Kier molecular flexibility index (Phi) is 31.8. The third-order valence-electron chi connectivity index (χ3n) is 2.47. The zero-order chi connectivity index (χ0) is 19.8. The molecule has 0 spiro atoms. The Morgan fingerprint density at radius 3 is 1.44 bits per heavy atom. The molecule has 25 heavy (non-hydrogen) atoms. The first-order chi connectivity index (χ1) is 12.3. The Labute approximate surface area is 156 Å². The number of hydrogen-bond acceptors (Lipinski definition) is 4. The fourth-order valence-electron chi connectivity index (χ4n) is 1.44. The highest BCUT2D eigenvalue weighted by Gasteiger charge is 1.94. The molecule has 0 unspecified atom stereocenters. The molecule has 0 aliphatic carbocycles. The Hall–Kier alpha value is -1.10. The molecule has 1 aromatic carbocycles. The van der Waals surface area contributed by atoms with Crippen LogP contribution in [0.25, 0.3) is 0 Å². The van der Waals surface area contributed by atoms with Gasteiger partial charge in [-0.1, -0.05) is 59.2 Å². The van der Waals surface area contributed by atoms with Gasteiger partial charge in [0.2, 0.25) is 0 Å². The first kappa shape index (κ1) is 28.7. The lowest BCUT2D eigenvalue weighted by Gasteiger charge is -2.08. The van der Waals surface area contributed by atoms with Crippen molar-refractivity contribution in [3.63, 3.8) is 0 Å². The number of aryl methyl sites for hydroxylation is 1. The van der Waals surface area contributed by atoms with E-state index in [9.17, 15) is 0 Å². The second kappa shape index (κ2) is 27.7. The molecule has 4 heteroatoms. The normalized spacial score (nSPS) is 8.80. The van der Waals surface area contributed by atoms with Gasteiger partial charge in [0, 0.05) is 6.61 Å². The van der Waals surface area contributed by atoms with E-state index in [1.54, 1.807) is 0 Å². The summed E-state index contributed by atoms with van der Waals surface area (Å²) in [6.45, 7) is 20.3. The van der Waals surface area contributed by atoms with Crippen molar-refractivity contribution in [1.29, 1.82) is 0 Å². The van der Waals surface area contributed by atoms with Crippen molar-refractivity contribution in [1.82, 2.24) is 0 Å². The highest BCUT2D eigenvalue weighted by molar-refractivity contribution is 5.26. The lowest BCUT2D eigenvalue weighted by atomic mass is 10.2. The summed E-state index contributed by atoms with van der Waals surface area (Å²) in [5.74, 6) is 0.877. The van der Waals surface area contributed by atoms with Crippen molar-refractivity contribution in [3.05, 3.63) is 29.8 Å². The van der Waals surface area contributed by atoms with Crippen molar-refractivity contribution in [2.75, 3.05) is 46.2 Å². The molecule has 1 rings (SSSR count). The Bertz CT molecular complexity index is 312. The smallest absolute Gasteiger partial charge is 0.119 e. The van der Waals surface area contributed by atoms with E-state index in [-0.39, 0.29) is 0 Å². The van der Waals surface area contributed by atoms with Crippen LogP contribution in [0.2, 0.25) is 0 Å². The number of rotatable bonds is 11. The maximum Gasteiger partial charge on any atom is 0.119 e. The highest BCUT2D eigenvalue weighted by Crippen LogP contribution is 2.10. The van der Waals surface area contributed by atoms with Gasteiger partial charge in [0.1, 0.15) is 12.4 Å². The fourth-order valence-corrected chi connectivity index (χ4v) is 1.44. The molecule has 0 saturated heterocycles. The minimum absolute atomic E-state index is 0.558. The van der Waals surface area contributed by atoms with E-state index < -0.39 is 0 Å². The first-order valence-corrected chi connectivity index (χ1v) is 9.75. The summed E-state index contributed by atoms with van der Waals surface area (Å²) < 4.78 is 21.4. The van der Waals surface area contributed by atoms with E-state index in [1.165, 1.54) is 5.56 Å². The maximum absolute atomic E-state index is 5.53. The van der Waals surface area contributed by atoms with E-state index in [4.69, 9.17) is 18.9 Å². The largest absolute Gasteiger partial charge is 0.491 e. The van der Waals surface area contributed by atoms with Gasteiger partial charge in [0.15, 0.2) is 0 Å². The second-order valence-electron chi connectivity index (χ2n) is 4.08. The predicted octanol–water partition coefficient (Wildman–Crippen LogP) is 5.52. The van der Waals surface area contributed by atoms with Gasteiger partial charge in [-0.15, -0.1) is 0 Å². The number of ether oxygens (including phenoxy) is 4. The standard InChI is InChI=1S/C15H24O4.3C2H6/c1-3-16-8-9-17-10-11-18-12-13-19-15-6-4-14(2)5-7-15;3*1-2/h4-7H,3,8-13H2,1-2H3;3*1-2H3. The Morgan fingerprint density at radius 2 is 1.00 bits per heavy atom. The summed E-state index contributed by atoms with van der Waals surface area (Å²) in [7, 11) is 0. The molecule has 0 amide bonds. The lowest BCUT2D eigenvalue weighted by molar-refractivity contribution is 0.0114. The van der Waals surface area contributed by atoms with Crippen molar-refractivity contribution < 1.29 is 18.9 Å². The first-order valence-electron chi connectivity index (χ1n) is 9.75. The molecule has 0 heterocycles. The third-order valence-corrected chi connectivity index (χ3v) is 2.47. The molecule has 0 atom stereocenters. The molecule has 0 saturated carbocycles. The molecule has 0 aliphatic heterocycles. The van der Waals surface area contributed by atoms with Gasteiger partial charge in [-0.25, -0.2) is 0 Å². The predicted molar refractivity (Wildman–Crippen MR) is 109 cm³/mol. The SMILES string of the molecule is CC.CC.CC.CCOCCOCCOCCOc1ccc(C)cc1. The maximum atomic E-state index is 5.53. The Balaban J connectivity index is -0.000000725. The molecule has 0 aromatic heterocycles. The molecule has 0 fully saturated rings.